The van der Waals surface area contributed by atoms with Crippen LogP contribution in [-0.2, 0) is 4.79 Å². The minimum atomic E-state index is -1.29. The number of carboxylic acids is 1. The van der Waals surface area contributed by atoms with E-state index in [1.807, 2.05) is 44.2 Å². The third kappa shape index (κ3) is 10.5. The number of amides is 1. The second-order valence-electron chi connectivity index (χ2n) is 9.64. The van der Waals surface area contributed by atoms with E-state index < -0.39 is 24.6 Å². The number of H-pyrrole nitrogens is 1. The van der Waals surface area contributed by atoms with Gasteiger partial charge in [-0.25, -0.2) is 9.37 Å². The quantitative estimate of drug-likeness (QED) is 0.260. The molecule has 1 heterocycles. The van der Waals surface area contributed by atoms with Gasteiger partial charge in [0.1, 0.15) is 17.3 Å². The molecule has 1 saturated carbocycles. The van der Waals surface area contributed by atoms with Crippen LogP contribution in [0.5, 0.6) is 0 Å². The van der Waals surface area contributed by atoms with Gasteiger partial charge in [0.15, 0.2) is 0 Å². The summed E-state index contributed by atoms with van der Waals surface area (Å²) in [7, 11) is 0. The molecule has 204 valence electrons. The molecule has 8 nitrogen and oxygen atoms in total. The zero-order chi connectivity index (χ0) is 27.7. The van der Waals surface area contributed by atoms with Gasteiger partial charge in [-0.1, -0.05) is 43.7 Å². The number of aromatic nitrogens is 2. The van der Waals surface area contributed by atoms with Crippen LogP contribution in [0.2, 0.25) is 0 Å². The summed E-state index contributed by atoms with van der Waals surface area (Å²) in [5.41, 5.74) is 3.13. The number of halogens is 1. The molecule has 0 aliphatic heterocycles. The number of hydrogen-bond donors (Lipinski definition) is 4. The van der Waals surface area contributed by atoms with Gasteiger partial charge in [-0.2, -0.15) is 0 Å². The van der Waals surface area contributed by atoms with E-state index in [9.17, 15) is 19.1 Å². The molecule has 0 bridgehead atoms. The number of hydrogen-bond acceptors (Lipinski definition) is 6. The first-order valence-corrected chi connectivity index (χ1v) is 13.0. The van der Waals surface area contributed by atoms with Crippen molar-refractivity contribution < 1.29 is 58.9 Å². The van der Waals surface area contributed by atoms with Crippen molar-refractivity contribution in [2.45, 2.75) is 76.5 Å². The normalized spacial score (nSPS) is 14.7. The molecule has 39 heavy (non-hydrogen) atoms. The van der Waals surface area contributed by atoms with Gasteiger partial charge in [0.25, 0.3) is 5.91 Å². The molecule has 0 saturated heterocycles. The van der Waals surface area contributed by atoms with E-state index in [4.69, 9.17) is 10.2 Å². The summed E-state index contributed by atoms with van der Waals surface area (Å²) in [5.74, 6) is -0.815. The zero-order valence-corrected chi connectivity index (χ0v) is 24.7. The minimum Gasteiger partial charge on any atom is -0.550 e. The minimum absolute atomic E-state index is 0. The molecule has 2 aromatic carbocycles. The number of carbonyl (C=O) groups is 2. The van der Waals surface area contributed by atoms with Gasteiger partial charge in [-0.05, 0) is 62.4 Å². The fraction of sp³-hybridized carbons (Fsp3) is 0.414. The maximum atomic E-state index is 13.2. The van der Waals surface area contributed by atoms with E-state index in [0.717, 1.165) is 36.1 Å². The molecule has 1 aromatic heterocycles. The number of carbonyl (C=O) groups excluding carboxylic acids is 2. The average molecular weight is 548 g/mol. The predicted molar refractivity (Wildman–Crippen MR) is 139 cm³/mol. The summed E-state index contributed by atoms with van der Waals surface area (Å²) in [6.45, 7) is 3.87. The molecule has 1 aliphatic rings. The maximum absolute atomic E-state index is 13.2. The van der Waals surface area contributed by atoms with Crippen LogP contribution < -0.4 is 40.0 Å². The monoisotopic (exact) mass is 547 g/mol. The number of aliphatic hydroxyl groups is 2. The van der Waals surface area contributed by atoms with E-state index in [1.165, 1.54) is 12.1 Å². The zero-order valence-electron chi connectivity index (χ0n) is 22.7. The molecule has 3 aromatic rings. The molecule has 0 radical (unpaired) electrons. The summed E-state index contributed by atoms with van der Waals surface area (Å²) in [5, 5.41) is 31.2. The van der Waals surface area contributed by atoms with Crippen LogP contribution in [0.1, 0.15) is 86.1 Å². The third-order valence-corrected chi connectivity index (χ3v) is 6.27. The fourth-order valence-electron chi connectivity index (χ4n) is 4.10. The summed E-state index contributed by atoms with van der Waals surface area (Å²) in [4.78, 5) is 30.6. The average Bonchev–Trinajstić information content (AvgIpc) is 3.63. The van der Waals surface area contributed by atoms with Crippen molar-refractivity contribution in [3.63, 3.8) is 0 Å². The molecule has 0 unspecified atom stereocenters. The van der Waals surface area contributed by atoms with Crippen molar-refractivity contribution in [1.82, 2.24) is 15.3 Å². The Bertz CT molecular complexity index is 1190. The van der Waals surface area contributed by atoms with E-state index >= 15 is 0 Å². The molecule has 1 amide bonds. The topological polar surface area (TPSA) is 138 Å². The van der Waals surface area contributed by atoms with Crippen LogP contribution in [-0.4, -0.2) is 44.3 Å². The molecular weight excluding hydrogens is 512 g/mol. The second-order valence-corrected chi connectivity index (χ2v) is 9.64. The Kier molecular flexibility index (Phi) is 13.3. The Morgan fingerprint density at radius 3 is 2.31 bits per heavy atom. The Balaban J connectivity index is 0.000000352. The molecule has 1 aliphatic carbocycles. The largest absolute Gasteiger partial charge is 1.00 e. The van der Waals surface area contributed by atoms with Gasteiger partial charge in [-0.15, -0.1) is 0 Å². The number of nitrogens with zero attached hydrogens (tertiary/aromatic N) is 1. The standard InChI is InChI=1S/C21H20FN3O.C8H16O4.Na/c1-13(14-5-3-2-4-6-14)23-21(26)19-18(15-7-8-15)24-20(25-19)16-9-11-17(22)12-10-16;1-2-3-6(9)4-7(10)5-8(11)12;/h2-6,9-13,15H,7-8H2,1H3,(H,23,26)(H,24,25);6-7,9-10H,2-5H2,1H3,(H,11,12);/q;;+1/p-1/t13-;6-,7-;/m11./s1. The van der Waals surface area contributed by atoms with Gasteiger partial charge in [-0.3, -0.25) is 4.79 Å². The number of aliphatic hydroxyl groups excluding tert-OH is 2. The molecule has 4 N–H and O–H groups in total. The predicted octanol–water partition coefficient (Wildman–Crippen LogP) is 0.627. The molecule has 0 spiro atoms. The summed E-state index contributed by atoms with van der Waals surface area (Å²) in [6, 6.07) is 15.8. The fourth-order valence-corrected chi connectivity index (χ4v) is 4.10. The number of nitrogens with one attached hydrogen (secondary N) is 2. The number of benzene rings is 2. The van der Waals surface area contributed by atoms with Crippen LogP contribution in [0.15, 0.2) is 54.6 Å². The van der Waals surface area contributed by atoms with Gasteiger partial charge >= 0.3 is 29.6 Å². The summed E-state index contributed by atoms with van der Waals surface area (Å²) < 4.78 is 13.2. The van der Waals surface area contributed by atoms with Gasteiger partial charge in [0.05, 0.1) is 23.9 Å². The Morgan fingerprint density at radius 1 is 1.10 bits per heavy atom. The third-order valence-electron chi connectivity index (χ3n) is 6.27. The van der Waals surface area contributed by atoms with E-state index in [2.05, 4.69) is 15.3 Å². The molecule has 4 rings (SSSR count). The van der Waals surface area contributed by atoms with E-state index in [-0.39, 0.29) is 53.7 Å². The molecule has 10 heteroatoms. The Hall–Kier alpha value is -2.56. The number of carboxylic acid groups (broad SMARTS) is 1. The van der Waals surface area contributed by atoms with Crippen molar-refractivity contribution in [2.75, 3.05) is 0 Å². The summed E-state index contributed by atoms with van der Waals surface area (Å²) in [6.07, 6.45) is 1.63. The van der Waals surface area contributed by atoms with Gasteiger partial charge in [0, 0.05) is 23.9 Å². The first-order chi connectivity index (χ1) is 18.2. The van der Waals surface area contributed by atoms with Crippen molar-refractivity contribution in [1.29, 1.82) is 0 Å². The Morgan fingerprint density at radius 2 is 1.74 bits per heavy atom. The van der Waals surface area contributed by atoms with Crippen molar-refractivity contribution in [2.24, 2.45) is 0 Å². The van der Waals surface area contributed by atoms with Crippen LogP contribution in [0.4, 0.5) is 4.39 Å². The number of rotatable bonds is 11. The van der Waals surface area contributed by atoms with Gasteiger partial charge < -0.3 is 30.4 Å². The van der Waals surface area contributed by atoms with Gasteiger partial charge in [0.2, 0.25) is 0 Å². The first kappa shape index (κ1) is 32.7. The maximum Gasteiger partial charge on any atom is 1.00 e. The van der Waals surface area contributed by atoms with E-state index in [1.54, 1.807) is 12.1 Å². The van der Waals surface area contributed by atoms with Crippen LogP contribution in [0, 0.1) is 5.82 Å². The van der Waals surface area contributed by atoms with Crippen molar-refractivity contribution >= 4 is 11.9 Å². The Labute approximate surface area is 250 Å². The van der Waals surface area contributed by atoms with Crippen molar-refractivity contribution in [3.8, 4) is 11.4 Å². The SMILES string of the molecule is CCC[C@@H](O)C[C@@H](O)CC(=O)[O-].C[C@@H](NC(=O)c1nc(-c2ccc(F)cc2)[nH]c1C1CC1)c1ccccc1.[Na+]. The molecular formula is C29H35FN3NaO5. The molecule has 1 fully saturated rings. The van der Waals surface area contributed by atoms with E-state index in [0.29, 0.717) is 23.9 Å². The first-order valence-electron chi connectivity index (χ1n) is 13.0. The number of imidazole rings is 1. The van der Waals surface area contributed by atoms with Crippen LogP contribution in [0.3, 0.4) is 0 Å². The van der Waals surface area contributed by atoms with Crippen LogP contribution >= 0.6 is 0 Å². The molecule has 3 atom stereocenters. The second kappa shape index (κ2) is 15.9. The van der Waals surface area contributed by atoms with Crippen molar-refractivity contribution in [3.05, 3.63) is 77.4 Å². The number of aromatic amines is 1. The smallest absolute Gasteiger partial charge is 0.550 e. The number of aliphatic carboxylic acids is 1. The summed E-state index contributed by atoms with van der Waals surface area (Å²) >= 11 is 0. The van der Waals surface area contributed by atoms with Crippen LogP contribution in [0.25, 0.3) is 11.4 Å².